The number of carbonyl (C=O) groups excluding carboxylic acids is 1. The Kier molecular flexibility index (Phi) is 4.73. The third-order valence-corrected chi connectivity index (χ3v) is 3.39. The highest BCUT2D eigenvalue weighted by Crippen LogP contribution is 2.20. The predicted molar refractivity (Wildman–Crippen MR) is 75.2 cm³/mol. The summed E-state index contributed by atoms with van der Waals surface area (Å²) in [6.07, 6.45) is -0.0643. The average Bonchev–Trinajstić information content (AvgIpc) is 2.37. The third-order valence-electron chi connectivity index (χ3n) is 2.80. The molecule has 0 unspecified atom stereocenters. The summed E-state index contributed by atoms with van der Waals surface area (Å²) in [6, 6.07) is 7.88. The maximum absolute atomic E-state index is 13.5. The summed E-state index contributed by atoms with van der Waals surface area (Å²) in [5.74, 6) is -1.17. The zero-order chi connectivity index (χ0) is 14.7. The van der Waals surface area contributed by atoms with E-state index in [2.05, 4.69) is 0 Å². The molecule has 0 atom stereocenters. The summed E-state index contributed by atoms with van der Waals surface area (Å²) in [5.41, 5.74) is 0.751. The number of Topliss-reactive ketones (excluding diaryl/α,β-unsaturated/α-hetero) is 1. The van der Waals surface area contributed by atoms with Crippen molar-refractivity contribution in [1.29, 1.82) is 0 Å². The highest BCUT2D eigenvalue weighted by atomic mass is 35.5. The van der Waals surface area contributed by atoms with Crippen molar-refractivity contribution in [1.82, 2.24) is 0 Å². The second-order valence-corrected chi connectivity index (χ2v) is 5.21. The Balaban J connectivity index is 2.11. The van der Waals surface area contributed by atoms with Crippen LogP contribution in [-0.4, -0.2) is 5.78 Å². The van der Waals surface area contributed by atoms with Crippen molar-refractivity contribution in [2.45, 2.75) is 12.8 Å². The fourth-order valence-corrected chi connectivity index (χ4v) is 2.26. The van der Waals surface area contributed by atoms with Crippen LogP contribution in [0.4, 0.5) is 8.78 Å². The second kappa shape index (κ2) is 6.33. The summed E-state index contributed by atoms with van der Waals surface area (Å²) < 4.78 is 26.4. The summed E-state index contributed by atoms with van der Waals surface area (Å²) in [7, 11) is 0. The molecule has 0 bridgehead atoms. The molecular weight excluding hydrogens is 305 g/mol. The zero-order valence-corrected chi connectivity index (χ0v) is 11.8. The van der Waals surface area contributed by atoms with Gasteiger partial charge in [-0.3, -0.25) is 4.79 Å². The Hall–Kier alpha value is -1.45. The number of ketones is 1. The molecule has 2 aromatic rings. The molecule has 0 saturated heterocycles. The van der Waals surface area contributed by atoms with Crippen LogP contribution in [0.15, 0.2) is 36.4 Å². The lowest BCUT2D eigenvalue weighted by Crippen LogP contribution is -2.08. The fourth-order valence-electron chi connectivity index (χ4n) is 1.83. The molecule has 1 nitrogen and oxygen atoms in total. The lowest BCUT2D eigenvalue weighted by Gasteiger charge is -2.05. The van der Waals surface area contributed by atoms with Crippen LogP contribution in [0.5, 0.6) is 0 Å². The van der Waals surface area contributed by atoms with Crippen LogP contribution in [-0.2, 0) is 17.6 Å². The first-order chi connectivity index (χ1) is 9.45. The summed E-state index contributed by atoms with van der Waals surface area (Å²) in [4.78, 5) is 11.9. The van der Waals surface area contributed by atoms with Gasteiger partial charge in [0.2, 0.25) is 0 Å². The van der Waals surface area contributed by atoms with Crippen LogP contribution in [0.25, 0.3) is 0 Å². The van der Waals surface area contributed by atoms with E-state index in [0.29, 0.717) is 10.6 Å². The van der Waals surface area contributed by atoms with Crippen molar-refractivity contribution in [2.24, 2.45) is 0 Å². The minimum atomic E-state index is -0.479. The molecule has 104 valence electrons. The smallest absolute Gasteiger partial charge is 0.141 e. The van der Waals surface area contributed by atoms with E-state index in [9.17, 15) is 13.6 Å². The maximum Gasteiger partial charge on any atom is 0.141 e. The number of benzene rings is 2. The van der Waals surface area contributed by atoms with Gasteiger partial charge in [0.1, 0.15) is 17.4 Å². The van der Waals surface area contributed by atoms with E-state index in [0.717, 1.165) is 6.07 Å². The van der Waals surface area contributed by atoms with Gasteiger partial charge in [-0.1, -0.05) is 29.3 Å². The van der Waals surface area contributed by atoms with Gasteiger partial charge in [-0.25, -0.2) is 8.78 Å². The van der Waals surface area contributed by atoms with Gasteiger partial charge in [0.05, 0.1) is 0 Å². The minimum absolute atomic E-state index is 0.0189. The number of hydrogen-bond acceptors (Lipinski definition) is 1. The fraction of sp³-hybridized carbons (Fsp3) is 0.133. The highest BCUT2D eigenvalue weighted by molar-refractivity contribution is 6.31. The molecule has 0 heterocycles. The van der Waals surface area contributed by atoms with E-state index in [1.807, 2.05) is 0 Å². The molecule has 0 aliphatic carbocycles. The van der Waals surface area contributed by atoms with Gasteiger partial charge in [-0.15, -0.1) is 0 Å². The minimum Gasteiger partial charge on any atom is -0.299 e. The zero-order valence-electron chi connectivity index (χ0n) is 10.3. The van der Waals surface area contributed by atoms with Gasteiger partial charge >= 0.3 is 0 Å². The Morgan fingerprint density at radius 1 is 0.950 bits per heavy atom. The summed E-state index contributed by atoms with van der Waals surface area (Å²) in [6.45, 7) is 0. The first-order valence-corrected chi connectivity index (χ1v) is 6.61. The molecule has 0 aliphatic heterocycles. The van der Waals surface area contributed by atoms with Gasteiger partial charge < -0.3 is 0 Å². The SMILES string of the molecule is O=C(Cc1cc(Cl)ccc1F)Cc1ccc(F)cc1Cl. The van der Waals surface area contributed by atoms with Gasteiger partial charge in [-0.05, 0) is 41.5 Å². The third kappa shape index (κ3) is 3.78. The van der Waals surface area contributed by atoms with E-state index in [1.54, 1.807) is 0 Å². The second-order valence-electron chi connectivity index (χ2n) is 4.36. The molecule has 0 amide bonds. The highest BCUT2D eigenvalue weighted by Gasteiger charge is 2.12. The summed E-state index contributed by atoms with van der Waals surface area (Å²) >= 11 is 11.6. The van der Waals surface area contributed by atoms with E-state index in [1.165, 1.54) is 30.3 Å². The Morgan fingerprint density at radius 3 is 2.35 bits per heavy atom. The van der Waals surface area contributed by atoms with E-state index >= 15 is 0 Å². The quantitative estimate of drug-likeness (QED) is 0.804. The first-order valence-electron chi connectivity index (χ1n) is 5.85. The van der Waals surface area contributed by atoms with Crippen molar-refractivity contribution in [3.8, 4) is 0 Å². The van der Waals surface area contributed by atoms with Crippen molar-refractivity contribution in [3.63, 3.8) is 0 Å². The van der Waals surface area contributed by atoms with Gasteiger partial charge in [-0.2, -0.15) is 0 Å². The molecular formula is C15H10Cl2F2O. The normalized spacial score (nSPS) is 10.6. The predicted octanol–water partition coefficient (Wildman–Crippen LogP) is 4.63. The number of carbonyl (C=O) groups is 1. The molecule has 0 spiro atoms. The molecule has 2 aromatic carbocycles. The first kappa shape index (κ1) is 14.9. The van der Waals surface area contributed by atoms with Crippen LogP contribution >= 0.6 is 23.2 Å². The van der Waals surface area contributed by atoms with Crippen molar-refractivity contribution >= 4 is 29.0 Å². The largest absolute Gasteiger partial charge is 0.299 e. The Labute approximate surface area is 125 Å². The molecule has 0 aliphatic rings. The number of halogens is 4. The summed E-state index contributed by atoms with van der Waals surface area (Å²) in [5, 5.41) is 0.555. The lowest BCUT2D eigenvalue weighted by atomic mass is 10.0. The van der Waals surface area contributed by atoms with Crippen molar-refractivity contribution in [2.75, 3.05) is 0 Å². The van der Waals surface area contributed by atoms with Gasteiger partial charge in [0, 0.05) is 22.9 Å². The van der Waals surface area contributed by atoms with Gasteiger partial charge in [0.15, 0.2) is 0 Å². The average molecular weight is 315 g/mol. The molecule has 2 rings (SSSR count). The number of rotatable bonds is 4. The maximum atomic E-state index is 13.5. The van der Waals surface area contributed by atoms with Crippen molar-refractivity contribution in [3.05, 3.63) is 69.2 Å². The lowest BCUT2D eigenvalue weighted by molar-refractivity contribution is -0.117. The van der Waals surface area contributed by atoms with Crippen LogP contribution < -0.4 is 0 Å². The molecule has 0 radical (unpaired) electrons. The standard InChI is InChI=1S/C15H10Cl2F2O/c16-11-2-4-15(19)10(5-11)7-13(20)6-9-1-3-12(18)8-14(9)17/h1-5,8H,6-7H2. The topological polar surface area (TPSA) is 17.1 Å². The van der Waals surface area contributed by atoms with E-state index in [4.69, 9.17) is 23.2 Å². The van der Waals surface area contributed by atoms with Crippen LogP contribution in [0, 0.1) is 11.6 Å². The molecule has 5 heteroatoms. The molecule has 0 saturated carbocycles. The Morgan fingerprint density at radius 2 is 1.65 bits per heavy atom. The van der Waals surface area contributed by atoms with Crippen LogP contribution in [0.1, 0.15) is 11.1 Å². The van der Waals surface area contributed by atoms with E-state index < -0.39 is 11.6 Å². The van der Waals surface area contributed by atoms with E-state index in [-0.39, 0.29) is 29.2 Å². The number of hydrogen-bond donors (Lipinski definition) is 0. The van der Waals surface area contributed by atoms with Gasteiger partial charge in [0.25, 0.3) is 0 Å². The molecule has 0 aromatic heterocycles. The van der Waals surface area contributed by atoms with Crippen LogP contribution in [0.3, 0.4) is 0 Å². The molecule has 0 N–H and O–H groups in total. The van der Waals surface area contributed by atoms with Crippen molar-refractivity contribution < 1.29 is 13.6 Å². The Bertz CT molecular complexity index is 656. The van der Waals surface area contributed by atoms with Crippen LogP contribution in [0.2, 0.25) is 10.0 Å². The molecule has 0 fully saturated rings. The monoisotopic (exact) mass is 314 g/mol. The molecule has 20 heavy (non-hydrogen) atoms.